The monoisotopic (exact) mass is 340 g/mol. The van der Waals surface area contributed by atoms with Gasteiger partial charge < -0.3 is 10.2 Å². The van der Waals surface area contributed by atoms with Gasteiger partial charge in [-0.15, -0.1) is 15.3 Å². The summed E-state index contributed by atoms with van der Waals surface area (Å²) in [5.74, 6) is 1.08. The summed E-state index contributed by atoms with van der Waals surface area (Å²) in [5, 5.41) is 17.0. The first-order valence-corrected chi connectivity index (χ1v) is 7.89. The second-order valence-corrected chi connectivity index (χ2v) is 5.65. The van der Waals surface area contributed by atoms with Crippen LogP contribution in [0.5, 0.6) is 0 Å². The first-order chi connectivity index (χ1) is 12.3. The Labute approximate surface area is 142 Å². The zero-order valence-corrected chi connectivity index (χ0v) is 13.3. The van der Waals surface area contributed by atoms with E-state index in [9.17, 15) is 4.79 Å². The minimum atomic E-state index is -0.273. The molecule has 0 aromatic carbocycles. The van der Waals surface area contributed by atoms with Crippen LogP contribution in [0.25, 0.3) is 5.95 Å². The van der Waals surface area contributed by atoms with E-state index in [-0.39, 0.29) is 17.8 Å². The predicted octanol–water partition coefficient (Wildman–Crippen LogP) is -0.426. The first-order valence-electron chi connectivity index (χ1n) is 7.89. The van der Waals surface area contributed by atoms with E-state index in [4.69, 9.17) is 0 Å². The molecular weight excluding hydrogens is 324 g/mol. The molecule has 0 bridgehead atoms. The Morgan fingerprint density at radius 1 is 1.20 bits per heavy atom. The van der Waals surface area contributed by atoms with Crippen molar-refractivity contribution in [1.29, 1.82) is 0 Å². The number of carbonyl (C=O) groups is 1. The van der Waals surface area contributed by atoms with Crippen molar-refractivity contribution in [2.75, 3.05) is 18.0 Å². The maximum Gasteiger partial charge on any atom is 0.288 e. The molecule has 3 aromatic rings. The molecule has 0 radical (unpaired) electrons. The summed E-state index contributed by atoms with van der Waals surface area (Å²) in [6.07, 6.45) is 9.67. The number of nitrogens with zero attached hydrogens (tertiary/aromatic N) is 8. The predicted molar refractivity (Wildman–Crippen MR) is 86.0 cm³/mol. The van der Waals surface area contributed by atoms with E-state index in [1.165, 1.54) is 17.2 Å². The fourth-order valence-electron chi connectivity index (χ4n) is 2.74. The third-order valence-corrected chi connectivity index (χ3v) is 4.04. The number of carbonyl (C=O) groups excluding carboxylic acids is 1. The number of aromatic amines is 1. The molecule has 0 saturated carbocycles. The highest BCUT2D eigenvalue weighted by molar-refractivity contribution is 5.90. The van der Waals surface area contributed by atoms with Gasteiger partial charge in [0.15, 0.2) is 0 Å². The van der Waals surface area contributed by atoms with Crippen molar-refractivity contribution in [3.8, 4) is 5.95 Å². The van der Waals surface area contributed by atoms with Crippen LogP contribution in [-0.4, -0.2) is 65.0 Å². The zero-order valence-electron chi connectivity index (χ0n) is 13.3. The zero-order chi connectivity index (χ0) is 17.1. The summed E-state index contributed by atoms with van der Waals surface area (Å²) in [4.78, 5) is 27.0. The average molecular weight is 340 g/mol. The molecule has 1 aliphatic heterocycles. The lowest BCUT2D eigenvalue weighted by Gasteiger charge is -2.32. The first kappa shape index (κ1) is 15.2. The second kappa shape index (κ2) is 6.63. The number of amides is 1. The second-order valence-electron chi connectivity index (χ2n) is 5.65. The Morgan fingerprint density at radius 2 is 2.00 bits per heavy atom. The molecule has 0 spiro atoms. The number of nitrogens with one attached hydrogen (secondary N) is 2. The van der Waals surface area contributed by atoms with Crippen LogP contribution in [0.3, 0.4) is 0 Å². The fourth-order valence-corrected chi connectivity index (χ4v) is 2.74. The highest BCUT2D eigenvalue weighted by atomic mass is 16.2. The standard InChI is InChI=1S/C14H16N10O/c25-13(12-20-14(22-21-12)24-8-17-18-9-24)19-10-1-5-23(6-2-10)11-7-15-3-4-16-11/h3-4,7-10H,1-2,5-6H2,(H,19,25)(H,20,21,22). The van der Waals surface area contributed by atoms with Gasteiger partial charge in [0, 0.05) is 31.5 Å². The topological polar surface area (TPSA) is 130 Å². The summed E-state index contributed by atoms with van der Waals surface area (Å²) in [6.45, 7) is 1.62. The lowest BCUT2D eigenvalue weighted by Crippen LogP contribution is -2.45. The molecule has 128 valence electrons. The van der Waals surface area contributed by atoms with Crippen LogP contribution in [0.15, 0.2) is 31.2 Å². The van der Waals surface area contributed by atoms with Gasteiger partial charge in [-0.1, -0.05) is 0 Å². The molecule has 4 heterocycles. The van der Waals surface area contributed by atoms with Crippen molar-refractivity contribution in [2.24, 2.45) is 0 Å². The fraction of sp³-hybridized carbons (Fsp3) is 0.357. The van der Waals surface area contributed by atoms with Crippen LogP contribution in [0, 0.1) is 0 Å². The lowest BCUT2D eigenvalue weighted by atomic mass is 10.1. The minimum Gasteiger partial charge on any atom is -0.355 e. The van der Waals surface area contributed by atoms with Gasteiger partial charge in [0.25, 0.3) is 11.9 Å². The average Bonchev–Trinajstić information content (AvgIpc) is 3.35. The van der Waals surface area contributed by atoms with Gasteiger partial charge in [-0.25, -0.2) is 4.98 Å². The molecule has 2 N–H and O–H groups in total. The molecule has 11 heteroatoms. The van der Waals surface area contributed by atoms with Gasteiger partial charge in [-0.05, 0) is 12.8 Å². The highest BCUT2D eigenvalue weighted by Gasteiger charge is 2.23. The van der Waals surface area contributed by atoms with E-state index in [0.717, 1.165) is 31.7 Å². The highest BCUT2D eigenvalue weighted by Crippen LogP contribution is 2.16. The van der Waals surface area contributed by atoms with Gasteiger partial charge in [0.05, 0.1) is 6.20 Å². The Bertz CT molecular complexity index is 822. The Hall–Kier alpha value is -3.37. The Kier molecular flexibility index (Phi) is 4.02. The van der Waals surface area contributed by atoms with Crippen molar-refractivity contribution < 1.29 is 4.79 Å². The van der Waals surface area contributed by atoms with Gasteiger partial charge in [-0.2, -0.15) is 4.98 Å². The summed E-state index contributed by atoms with van der Waals surface area (Å²) in [5.41, 5.74) is 0. The molecule has 1 aliphatic rings. The molecule has 1 saturated heterocycles. The summed E-state index contributed by atoms with van der Waals surface area (Å²) >= 11 is 0. The molecular formula is C14H16N10O. The smallest absolute Gasteiger partial charge is 0.288 e. The van der Waals surface area contributed by atoms with Gasteiger partial charge >= 0.3 is 0 Å². The van der Waals surface area contributed by atoms with Crippen LogP contribution < -0.4 is 10.2 Å². The molecule has 1 amide bonds. The largest absolute Gasteiger partial charge is 0.355 e. The van der Waals surface area contributed by atoms with Crippen LogP contribution >= 0.6 is 0 Å². The molecule has 3 aromatic heterocycles. The molecule has 4 rings (SSSR count). The number of H-pyrrole nitrogens is 1. The van der Waals surface area contributed by atoms with Crippen LogP contribution in [-0.2, 0) is 0 Å². The lowest BCUT2D eigenvalue weighted by molar-refractivity contribution is 0.0921. The van der Waals surface area contributed by atoms with Crippen molar-refractivity contribution in [1.82, 2.24) is 45.2 Å². The van der Waals surface area contributed by atoms with Gasteiger partial charge in [0.1, 0.15) is 18.5 Å². The SMILES string of the molecule is O=C(NC1CCN(c2cnccn2)CC1)c1nc(-n2cnnc2)n[nH]1. The van der Waals surface area contributed by atoms with Crippen molar-refractivity contribution in [3.05, 3.63) is 37.1 Å². The molecule has 25 heavy (non-hydrogen) atoms. The summed E-state index contributed by atoms with van der Waals surface area (Å²) in [6, 6.07) is 0.0869. The van der Waals surface area contributed by atoms with E-state index in [1.54, 1.807) is 18.6 Å². The number of aromatic nitrogens is 8. The third kappa shape index (κ3) is 3.29. The van der Waals surface area contributed by atoms with Crippen LogP contribution in [0.2, 0.25) is 0 Å². The van der Waals surface area contributed by atoms with Crippen molar-refractivity contribution in [2.45, 2.75) is 18.9 Å². The van der Waals surface area contributed by atoms with E-state index >= 15 is 0 Å². The van der Waals surface area contributed by atoms with E-state index in [0.29, 0.717) is 5.95 Å². The summed E-state index contributed by atoms with van der Waals surface area (Å²) < 4.78 is 1.52. The molecule has 0 atom stereocenters. The molecule has 1 fully saturated rings. The molecule has 0 aliphatic carbocycles. The number of hydrogen-bond donors (Lipinski definition) is 2. The number of rotatable bonds is 4. The van der Waals surface area contributed by atoms with Crippen molar-refractivity contribution in [3.63, 3.8) is 0 Å². The molecule has 0 unspecified atom stereocenters. The minimum absolute atomic E-state index is 0.0869. The van der Waals surface area contributed by atoms with Crippen LogP contribution in [0.4, 0.5) is 5.82 Å². The Balaban J connectivity index is 1.33. The van der Waals surface area contributed by atoms with Crippen LogP contribution in [0.1, 0.15) is 23.5 Å². The normalized spacial score (nSPS) is 15.3. The van der Waals surface area contributed by atoms with E-state index in [1.807, 2.05) is 0 Å². The van der Waals surface area contributed by atoms with E-state index < -0.39 is 0 Å². The van der Waals surface area contributed by atoms with E-state index in [2.05, 4.69) is 45.6 Å². The third-order valence-electron chi connectivity index (χ3n) is 4.04. The quantitative estimate of drug-likeness (QED) is 0.654. The molecule has 11 nitrogen and oxygen atoms in total. The Morgan fingerprint density at radius 3 is 2.72 bits per heavy atom. The van der Waals surface area contributed by atoms with Crippen molar-refractivity contribution >= 4 is 11.7 Å². The van der Waals surface area contributed by atoms with Gasteiger partial charge in [-0.3, -0.25) is 19.4 Å². The number of hydrogen-bond acceptors (Lipinski definition) is 8. The number of piperidine rings is 1. The maximum atomic E-state index is 12.3. The maximum absolute atomic E-state index is 12.3. The van der Waals surface area contributed by atoms with Gasteiger partial charge in [0.2, 0.25) is 5.82 Å². The number of anilines is 1. The summed E-state index contributed by atoms with van der Waals surface area (Å²) in [7, 11) is 0.